The molecule has 1 unspecified atom stereocenters. The molecule has 10 heteroatoms. The van der Waals surface area contributed by atoms with Crippen LogP contribution < -0.4 is 21.3 Å². The zero-order chi connectivity index (χ0) is 27.9. The molecule has 3 atom stereocenters. The fourth-order valence-corrected chi connectivity index (χ4v) is 4.79. The normalized spacial score (nSPS) is 18.2. The largest absolute Gasteiger partial charge is 0.457 e. The first kappa shape index (κ1) is 27.3. The van der Waals surface area contributed by atoms with Crippen molar-refractivity contribution in [3.8, 4) is 0 Å². The van der Waals surface area contributed by atoms with Crippen LogP contribution in [0.1, 0.15) is 46.2 Å². The van der Waals surface area contributed by atoms with Crippen molar-refractivity contribution in [1.82, 2.24) is 15.3 Å². The first-order valence-corrected chi connectivity index (χ1v) is 12.7. The van der Waals surface area contributed by atoms with E-state index in [0.29, 0.717) is 17.1 Å². The third-order valence-corrected chi connectivity index (χ3v) is 6.95. The van der Waals surface area contributed by atoms with E-state index in [0.717, 1.165) is 18.4 Å². The third-order valence-electron chi connectivity index (χ3n) is 6.95. The smallest absolute Gasteiger partial charge is 0.338 e. The Morgan fingerprint density at radius 3 is 2.64 bits per heavy atom. The molecule has 1 heterocycles. The van der Waals surface area contributed by atoms with Crippen LogP contribution in [0.2, 0.25) is 0 Å². The molecule has 0 spiro atoms. The monoisotopic (exact) mass is 528 g/mol. The molecule has 4 rings (SSSR count). The summed E-state index contributed by atoms with van der Waals surface area (Å²) < 4.78 is 5.43. The van der Waals surface area contributed by atoms with Crippen LogP contribution in [0.4, 0.5) is 17.3 Å². The number of nitrogens with one attached hydrogen (secondary N) is 2. The van der Waals surface area contributed by atoms with Gasteiger partial charge in [0.15, 0.2) is 11.5 Å². The number of esters is 1. The van der Waals surface area contributed by atoms with Gasteiger partial charge in [-0.2, -0.15) is 0 Å². The van der Waals surface area contributed by atoms with E-state index in [1.807, 2.05) is 42.3 Å². The van der Waals surface area contributed by atoms with Crippen LogP contribution in [0.5, 0.6) is 0 Å². The van der Waals surface area contributed by atoms with Gasteiger partial charge in [0, 0.05) is 24.8 Å². The van der Waals surface area contributed by atoms with E-state index in [1.54, 1.807) is 24.3 Å². The van der Waals surface area contributed by atoms with Gasteiger partial charge in [0.1, 0.15) is 12.4 Å². The molecule has 1 aromatic heterocycles. The molecule has 0 radical (unpaired) electrons. The average Bonchev–Trinajstić information content (AvgIpc) is 3.31. The van der Waals surface area contributed by atoms with Gasteiger partial charge in [-0.25, -0.2) is 14.8 Å². The first-order valence-electron chi connectivity index (χ1n) is 12.7. The molecule has 1 aliphatic carbocycles. The maximum Gasteiger partial charge on any atom is 0.338 e. The van der Waals surface area contributed by atoms with Crippen molar-refractivity contribution in [2.24, 2.45) is 11.7 Å². The van der Waals surface area contributed by atoms with Gasteiger partial charge in [0.05, 0.1) is 11.8 Å². The Bertz CT molecular complexity index is 1360. The van der Waals surface area contributed by atoms with Crippen molar-refractivity contribution < 1.29 is 19.1 Å². The number of anilines is 3. The molecule has 0 aliphatic heterocycles. The Hall–Kier alpha value is -4.73. The average molecular weight is 529 g/mol. The van der Waals surface area contributed by atoms with E-state index in [4.69, 9.17) is 10.5 Å². The number of nitrogens with two attached hydrogens (primary N) is 1. The zero-order valence-corrected chi connectivity index (χ0v) is 22.0. The van der Waals surface area contributed by atoms with E-state index in [2.05, 4.69) is 34.1 Å². The second-order valence-electron chi connectivity index (χ2n) is 9.49. The van der Waals surface area contributed by atoms with E-state index in [1.165, 1.54) is 12.3 Å². The summed E-state index contributed by atoms with van der Waals surface area (Å²) in [6.07, 6.45) is 4.44. The van der Waals surface area contributed by atoms with Crippen molar-refractivity contribution >= 4 is 35.1 Å². The number of carbonyl (C=O) groups is 3. The molecule has 10 nitrogen and oxygen atoms in total. The lowest BCUT2D eigenvalue weighted by Gasteiger charge is -2.31. The van der Waals surface area contributed by atoms with Gasteiger partial charge in [-0.3, -0.25) is 9.59 Å². The van der Waals surface area contributed by atoms with Crippen LogP contribution in [0.15, 0.2) is 73.4 Å². The van der Waals surface area contributed by atoms with Crippen molar-refractivity contribution in [2.45, 2.75) is 38.5 Å². The number of amides is 2. The Morgan fingerprint density at radius 2 is 1.92 bits per heavy atom. The van der Waals surface area contributed by atoms with Gasteiger partial charge in [-0.1, -0.05) is 49.9 Å². The number of primary amides is 1. The number of nitrogens with zero attached hydrogens (tertiary/aromatic N) is 3. The summed E-state index contributed by atoms with van der Waals surface area (Å²) in [5, 5.41) is 6.07. The lowest BCUT2D eigenvalue weighted by Crippen LogP contribution is -2.42. The van der Waals surface area contributed by atoms with Gasteiger partial charge < -0.3 is 26.0 Å². The molecule has 0 saturated heterocycles. The number of rotatable bonds is 10. The predicted octanol–water partition coefficient (Wildman–Crippen LogP) is 3.58. The number of aromatic nitrogens is 2. The standard InChI is InChI=1S/C29H32N6O4/c1-4-25(36)33-22-13-14-23(18(22)2)35(3)24-16-31-26(27(30)37)28(34-24)32-21-12-8-11-20(15-21)29(38)39-17-19-9-6-5-7-10-19/h4-12,15-16,18,22-23H,1,13-14,17H2,2-3H3,(H2,30,37)(H,32,34)(H,33,36)/t18-,22?,23+/m0/s1. The molecule has 0 bridgehead atoms. The maximum atomic E-state index is 12.6. The molecule has 2 amide bonds. The molecule has 2 aromatic carbocycles. The van der Waals surface area contributed by atoms with E-state index >= 15 is 0 Å². The van der Waals surface area contributed by atoms with Crippen molar-refractivity contribution in [3.05, 3.63) is 90.3 Å². The highest BCUT2D eigenvalue weighted by Gasteiger charge is 2.36. The van der Waals surface area contributed by atoms with Gasteiger partial charge in [-0.15, -0.1) is 0 Å². The lowest BCUT2D eigenvalue weighted by molar-refractivity contribution is -0.117. The lowest BCUT2D eigenvalue weighted by atomic mass is 10.0. The quantitative estimate of drug-likeness (QED) is 0.268. The Kier molecular flexibility index (Phi) is 8.55. The molecule has 1 fully saturated rings. The van der Waals surface area contributed by atoms with Crippen LogP contribution >= 0.6 is 0 Å². The van der Waals surface area contributed by atoms with Crippen molar-refractivity contribution in [3.63, 3.8) is 0 Å². The van der Waals surface area contributed by atoms with E-state index in [9.17, 15) is 14.4 Å². The molecule has 1 saturated carbocycles. The maximum absolute atomic E-state index is 12.6. The summed E-state index contributed by atoms with van der Waals surface area (Å²) >= 11 is 0. The van der Waals surface area contributed by atoms with Gasteiger partial charge in [0.25, 0.3) is 5.91 Å². The number of hydrogen-bond donors (Lipinski definition) is 3. The summed E-state index contributed by atoms with van der Waals surface area (Å²) in [6, 6.07) is 16.2. The number of carbonyl (C=O) groups excluding carboxylic acids is 3. The summed E-state index contributed by atoms with van der Waals surface area (Å²) in [5.74, 6) is -0.563. The molecule has 202 valence electrons. The second kappa shape index (κ2) is 12.2. The number of ether oxygens (including phenoxy) is 1. The van der Waals surface area contributed by atoms with Gasteiger partial charge >= 0.3 is 5.97 Å². The fraction of sp³-hybridized carbons (Fsp3) is 0.276. The van der Waals surface area contributed by atoms with Crippen molar-refractivity contribution in [2.75, 3.05) is 17.3 Å². The van der Waals surface area contributed by atoms with Crippen molar-refractivity contribution in [1.29, 1.82) is 0 Å². The van der Waals surface area contributed by atoms with E-state index < -0.39 is 11.9 Å². The number of benzene rings is 2. The molecule has 4 N–H and O–H groups in total. The summed E-state index contributed by atoms with van der Waals surface area (Å²) in [5.41, 5.74) is 7.28. The van der Waals surface area contributed by atoms with Crippen LogP contribution in [0.25, 0.3) is 0 Å². The van der Waals surface area contributed by atoms with E-state index in [-0.39, 0.29) is 42.0 Å². The van der Waals surface area contributed by atoms with Crippen LogP contribution in [0, 0.1) is 5.92 Å². The highest BCUT2D eigenvalue weighted by atomic mass is 16.5. The topological polar surface area (TPSA) is 140 Å². The van der Waals surface area contributed by atoms with Gasteiger partial charge in [0.2, 0.25) is 5.91 Å². The van der Waals surface area contributed by atoms with Crippen LogP contribution in [-0.4, -0.2) is 46.9 Å². The van der Waals surface area contributed by atoms with Crippen LogP contribution in [0.3, 0.4) is 0 Å². The van der Waals surface area contributed by atoms with Gasteiger partial charge in [-0.05, 0) is 48.6 Å². The summed E-state index contributed by atoms with van der Waals surface area (Å²) in [6.45, 7) is 5.75. The molecular formula is C29H32N6O4. The minimum atomic E-state index is -0.737. The summed E-state index contributed by atoms with van der Waals surface area (Å²) in [4.78, 5) is 47.5. The predicted molar refractivity (Wildman–Crippen MR) is 149 cm³/mol. The zero-order valence-electron chi connectivity index (χ0n) is 22.0. The SMILES string of the molecule is C=CC(=O)NC1CC[C@@H](N(C)c2cnc(C(N)=O)c(Nc3cccc(C(=O)OCc4ccccc4)c3)n2)[C@H]1C. The molecular weight excluding hydrogens is 496 g/mol. The number of hydrogen-bond acceptors (Lipinski definition) is 8. The highest BCUT2D eigenvalue weighted by molar-refractivity contribution is 5.97. The Balaban J connectivity index is 1.51. The fourth-order valence-electron chi connectivity index (χ4n) is 4.79. The minimum Gasteiger partial charge on any atom is -0.457 e. The minimum absolute atomic E-state index is 0.0165. The molecule has 39 heavy (non-hydrogen) atoms. The third kappa shape index (κ3) is 6.59. The second-order valence-corrected chi connectivity index (χ2v) is 9.49. The summed E-state index contributed by atoms with van der Waals surface area (Å²) in [7, 11) is 1.90. The molecule has 1 aliphatic rings. The highest BCUT2D eigenvalue weighted by Crippen LogP contribution is 2.32. The van der Waals surface area contributed by atoms with Crippen LogP contribution in [-0.2, 0) is 16.1 Å². The Morgan fingerprint density at radius 1 is 1.15 bits per heavy atom. The molecule has 3 aromatic rings. The Labute approximate surface area is 227 Å². The first-order chi connectivity index (χ1) is 18.8.